The smallest absolute Gasteiger partial charge is 0.270 e. The van der Waals surface area contributed by atoms with Gasteiger partial charge in [-0.3, -0.25) is 14.9 Å². The first kappa shape index (κ1) is 18.8. The fourth-order valence-electron chi connectivity index (χ4n) is 3.53. The molecule has 0 radical (unpaired) electrons. The predicted octanol–water partition coefficient (Wildman–Crippen LogP) is 4.99. The number of nitro groups is 1. The molecule has 1 fully saturated rings. The summed E-state index contributed by atoms with van der Waals surface area (Å²) in [5.74, 6) is 0.317. The van der Waals surface area contributed by atoms with Gasteiger partial charge in [0, 0.05) is 24.2 Å². The first-order chi connectivity index (χ1) is 13.1. The van der Waals surface area contributed by atoms with Crippen LogP contribution in [0.1, 0.15) is 48.0 Å². The van der Waals surface area contributed by atoms with Crippen molar-refractivity contribution >= 4 is 17.2 Å². The summed E-state index contributed by atoms with van der Waals surface area (Å²) in [7, 11) is 0. The van der Waals surface area contributed by atoms with Crippen molar-refractivity contribution < 1.29 is 9.72 Å². The van der Waals surface area contributed by atoms with Crippen LogP contribution in [-0.4, -0.2) is 17.4 Å². The van der Waals surface area contributed by atoms with Gasteiger partial charge < -0.3 is 5.32 Å². The standard InChI is InChI=1S/C22H24N2O3/c25-22(18-10-5-2-6-11-18)23-16-20(14-17-8-3-1-4-9-17)19-12-7-13-21(15-19)24(26)27/h2,5-7,10-15,17H,1,3-4,8-9,16H2,(H,23,25). The number of carbonyl (C=O) groups excluding carboxylic acids is 1. The molecule has 0 saturated heterocycles. The third-order valence-electron chi connectivity index (χ3n) is 4.99. The molecular weight excluding hydrogens is 340 g/mol. The number of allylic oxidation sites excluding steroid dienone is 1. The van der Waals surface area contributed by atoms with Gasteiger partial charge in [-0.15, -0.1) is 0 Å². The third kappa shape index (κ3) is 5.26. The summed E-state index contributed by atoms with van der Waals surface area (Å²) in [5.41, 5.74) is 2.41. The molecule has 0 spiro atoms. The summed E-state index contributed by atoms with van der Waals surface area (Å²) < 4.78 is 0. The lowest BCUT2D eigenvalue weighted by Gasteiger charge is -2.20. The molecule has 1 aliphatic rings. The molecule has 5 heteroatoms. The number of rotatable bonds is 6. The van der Waals surface area contributed by atoms with Crippen LogP contribution in [0.5, 0.6) is 0 Å². The van der Waals surface area contributed by atoms with E-state index in [-0.39, 0.29) is 16.5 Å². The fraction of sp³-hybridized carbons (Fsp3) is 0.318. The highest BCUT2D eigenvalue weighted by molar-refractivity contribution is 5.95. The molecule has 1 saturated carbocycles. The topological polar surface area (TPSA) is 72.2 Å². The van der Waals surface area contributed by atoms with E-state index in [9.17, 15) is 14.9 Å². The first-order valence-corrected chi connectivity index (χ1v) is 9.42. The molecule has 1 amide bonds. The number of amides is 1. The van der Waals surface area contributed by atoms with Gasteiger partial charge in [0.05, 0.1) is 4.92 Å². The average Bonchev–Trinajstić information content (AvgIpc) is 2.72. The minimum atomic E-state index is -0.385. The zero-order valence-electron chi connectivity index (χ0n) is 15.3. The quantitative estimate of drug-likeness (QED) is 0.580. The molecule has 140 valence electrons. The summed E-state index contributed by atoms with van der Waals surface area (Å²) >= 11 is 0. The molecule has 2 aromatic rings. The first-order valence-electron chi connectivity index (χ1n) is 9.42. The Morgan fingerprint density at radius 3 is 2.44 bits per heavy atom. The minimum Gasteiger partial charge on any atom is -0.348 e. The van der Waals surface area contributed by atoms with E-state index in [0.29, 0.717) is 18.0 Å². The second-order valence-electron chi connectivity index (χ2n) is 6.95. The van der Waals surface area contributed by atoms with Crippen LogP contribution in [0, 0.1) is 16.0 Å². The Hall–Kier alpha value is -2.95. The SMILES string of the molecule is O=C(NCC(=CC1CCCCC1)c1cccc([N+](=O)[O-])c1)c1ccccc1. The molecule has 1 aliphatic carbocycles. The van der Waals surface area contributed by atoms with Crippen LogP contribution in [0.2, 0.25) is 0 Å². The van der Waals surface area contributed by atoms with E-state index >= 15 is 0 Å². The maximum atomic E-state index is 12.4. The minimum absolute atomic E-state index is 0.0661. The van der Waals surface area contributed by atoms with Gasteiger partial charge in [0.15, 0.2) is 0 Å². The number of nitrogens with one attached hydrogen (secondary N) is 1. The van der Waals surface area contributed by atoms with Gasteiger partial charge >= 0.3 is 0 Å². The summed E-state index contributed by atoms with van der Waals surface area (Å²) in [5, 5.41) is 14.1. The van der Waals surface area contributed by atoms with E-state index < -0.39 is 0 Å². The molecule has 0 aliphatic heterocycles. The molecule has 27 heavy (non-hydrogen) atoms. The Bertz CT molecular complexity index is 824. The molecular formula is C22H24N2O3. The number of hydrogen-bond acceptors (Lipinski definition) is 3. The normalized spacial score (nSPS) is 15.3. The third-order valence-corrected chi connectivity index (χ3v) is 4.99. The predicted molar refractivity (Wildman–Crippen MR) is 106 cm³/mol. The number of nitro benzene ring substituents is 1. The Labute approximate surface area is 159 Å². The van der Waals surface area contributed by atoms with Gasteiger partial charge in [-0.2, -0.15) is 0 Å². The van der Waals surface area contributed by atoms with Crippen molar-refractivity contribution in [3.63, 3.8) is 0 Å². The molecule has 1 N–H and O–H groups in total. The van der Waals surface area contributed by atoms with E-state index in [4.69, 9.17) is 0 Å². The highest BCUT2D eigenvalue weighted by Crippen LogP contribution is 2.29. The van der Waals surface area contributed by atoms with Gasteiger partial charge in [-0.05, 0) is 42.0 Å². The maximum Gasteiger partial charge on any atom is 0.270 e. The number of benzene rings is 2. The number of non-ortho nitro benzene ring substituents is 1. The molecule has 0 atom stereocenters. The highest BCUT2D eigenvalue weighted by Gasteiger charge is 2.15. The Kier molecular flexibility index (Phi) is 6.36. The van der Waals surface area contributed by atoms with Crippen LogP contribution in [0.25, 0.3) is 5.57 Å². The number of hydrogen-bond donors (Lipinski definition) is 1. The largest absolute Gasteiger partial charge is 0.348 e. The zero-order valence-corrected chi connectivity index (χ0v) is 15.3. The van der Waals surface area contributed by atoms with Crippen LogP contribution in [-0.2, 0) is 0 Å². The van der Waals surface area contributed by atoms with E-state index in [1.807, 2.05) is 24.3 Å². The molecule has 0 heterocycles. The lowest BCUT2D eigenvalue weighted by Crippen LogP contribution is -2.25. The van der Waals surface area contributed by atoms with Crippen molar-refractivity contribution in [3.05, 3.63) is 81.9 Å². The van der Waals surface area contributed by atoms with Crippen molar-refractivity contribution in [3.8, 4) is 0 Å². The summed E-state index contributed by atoms with van der Waals surface area (Å²) in [6, 6.07) is 15.7. The fourth-order valence-corrected chi connectivity index (χ4v) is 3.53. The maximum absolute atomic E-state index is 12.4. The Balaban J connectivity index is 1.81. The van der Waals surface area contributed by atoms with Crippen molar-refractivity contribution in [2.45, 2.75) is 32.1 Å². The molecule has 5 nitrogen and oxygen atoms in total. The lowest BCUT2D eigenvalue weighted by atomic mass is 9.87. The molecule has 0 unspecified atom stereocenters. The van der Waals surface area contributed by atoms with Gasteiger partial charge in [-0.25, -0.2) is 0 Å². The van der Waals surface area contributed by atoms with Crippen molar-refractivity contribution in [2.75, 3.05) is 6.54 Å². The molecule has 0 bridgehead atoms. The monoisotopic (exact) mass is 364 g/mol. The van der Waals surface area contributed by atoms with Gasteiger partial charge in [-0.1, -0.05) is 55.7 Å². The van der Waals surface area contributed by atoms with Gasteiger partial charge in [0.1, 0.15) is 0 Å². The number of nitrogens with zero attached hydrogens (tertiary/aromatic N) is 1. The van der Waals surface area contributed by atoms with Crippen LogP contribution in [0.15, 0.2) is 60.7 Å². The van der Waals surface area contributed by atoms with Gasteiger partial charge in [0.25, 0.3) is 11.6 Å². The van der Waals surface area contributed by atoms with Gasteiger partial charge in [0.2, 0.25) is 0 Å². The van der Waals surface area contributed by atoms with E-state index in [0.717, 1.165) is 24.0 Å². The van der Waals surface area contributed by atoms with Crippen molar-refractivity contribution in [1.82, 2.24) is 5.32 Å². The second kappa shape index (κ2) is 9.12. The van der Waals surface area contributed by atoms with E-state index in [1.54, 1.807) is 24.3 Å². The zero-order chi connectivity index (χ0) is 19.1. The van der Waals surface area contributed by atoms with Crippen LogP contribution in [0.4, 0.5) is 5.69 Å². The summed E-state index contributed by atoms with van der Waals surface area (Å²) in [6.45, 7) is 0.353. The molecule has 2 aromatic carbocycles. The molecule has 0 aromatic heterocycles. The Morgan fingerprint density at radius 2 is 1.74 bits per heavy atom. The van der Waals surface area contributed by atoms with Crippen molar-refractivity contribution in [1.29, 1.82) is 0 Å². The summed E-state index contributed by atoms with van der Waals surface area (Å²) in [6.07, 6.45) is 8.14. The average molecular weight is 364 g/mol. The van der Waals surface area contributed by atoms with Crippen LogP contribution in [0.3, 0.4) is 0 Å². The lowest BCUT2D eigenvalue weighted by molar-refractivity contribution is -0.384. The molecule has 3 rings (SSSR count). The second-order valence-corrected chi connectivity index (χ2v) is 6.95. The van der Waals surface area contributed by atoms with E-state index in [2.05, 4.69) is 11.4 Å². The highest BCUT2D eigenvalue weighted by atomic mass is 16.6. The van der Waals surface area contributed by atoms with E-state index in [1.165, 1.54) is 25.3 Å². The van der Waals surface area contributed by atoms with Crippen molar-refractivity contribution in [2.24, 2.45) is 5.92 Å². The van der Waals surface area contributed by atoms with Crippen LogP contribution >= 0.6 is 0 Å². The number of carbonyl (C=O) groups is 1. The van der Waals surface area contributed by atoms with Crippen LogP contribution < -0.4 is 5.32 Å². The summed E-state index contributed by atoms with van der Waals surface area (Å²) in [4.78, 5) is 23.1. The Morgan fingerprint density at radius 1 is 1.04 bits per heavy atom.